The van der Waals surface area contributed by atoms with Crippen LogP contribution in [0.4, 0.5) is 5.69 Å². The van der Waals surface area contributed by atoms with Crippen molar-refractivity contribution >= 4 is 17.6 Å². The maximum absolute atomic E-state index is 11.6. The summed E-state index contributed by atoms with van der Waals surface area (Å²) in [5, 5.41) is 12.4. The Labute approximate surface area is 122 Å². The van der Waals surface area contributed by atoms with Crippen molar-refractivity contribution in [2.45, 2.75) is 6.10 Å². The predicted octanol–water partition coefficient (Wildman–Crippen LogP) is 1.90. The molecule has 0 spiro atoms. The number of ether oxygens (including phenoxy) is 1. The number of rotatable bonds is 5. The highest BCUT2D eigenvalue weighted by Gasteiger charge is 2.19. The molecule has 0 aliphatic carbocycles. The van der Waals surface area contributed by atoms with Crippen molar-refractivity contribution in [3.63, 3.8) is 0 Å². The largest absolute Gasteiger partial charge is 0.453 e. The van der Waals surface area contributed by atoms with Gasteiger partial charge in [-0.3, -0.25) is 4.79 Å². The molecule has 2 aromatic rings. The zero-order valence-corrected chi connectivity index (χ0v) is 11.2. The first-order valence-corrected chi connectivity index (χ1v) is 6.41. The molecule has 108 valence electrons. The molecular formula is C16H15NO4. The maximum atomic E-state index is 11.6. The summed E-state index contributed by atoms with van der Waals surface area (Å²) < 4.78 is 4.79. The SMILES string of the molecule is O=C(COC(=O)[C@H](O)c1ccccc1)Nc1ccccc1. The molecule has 0 radical (unpaired) electrons. The zero-order valence-electron chi connectivity index (χ0n) is 11.2. The quantitative estimate of drug-likeness (QED) is 0.823. The summed E-state index contributed by atoms with van der Waals surface area (Å²) in [5.74, 6) is -1.32. The Morgan fingerprint density at radius 3 is 2.19 bits per heavy atom. The predicted molar refractivity (Wildman–Crippen MR) is 77.4 cm³/mol. The summed E-state index contributed by atoms with van der Waals surface area (Å²) >= 11 is 0. The Bertz CT molecular complexity index is 598. The number of anilines is 1. The fourth-order valence-corrected chi connectivity index (χ4v) is 1.71. The van der Waals surface area contributed by atoms with Gasteiger partial charge in [0.2, 0.25) is 0 Å². The van der Waals surface area contributed by atoms with Crippen LogP contribution >= 0.6 is 0 Å². The highest BCUT2D eigenvalue weighted by molar-refractivity contribution is 5.93. The van der Waals surface area contributed by atoms with E-state index in [1.54, 1.807) is 54.6 Å². The maximum Gasteiger partial charge on any atom is 0.340 e. The number of para-hydroxylation sites is 1. The molecule has 2 N–H and O–H groups in total. The smallest absolute Gasteiger partial charge is 0.340 e. The molecule has 0 fully saturated rings. The van der Waals surface area contributed by atoms with E-state index in [0.29, 0.717) is 11.3 Å². The summed E-state index contributed by atoms with van der Waals surface area (Å²) in [7, 11) is 0. The minimum Gasteiger partial charge on any atom is -0.453 e. The van der Waals surface area contributed by atoms with Crippen molar-refractivity contribution in [3.8, 4) is 0 Å². The van der Waals surface area contributed by atoms with Crippen LogP contribution in [0, 0.1) is 0 Å². The van der Waals surface area contributed by atoms with Gasteiger partial charge in [0.1, 0.15) is 0 Å². The lowest BCUT2D eigenvalue weighted by Gasteiger charge is -2.11. The van der Waals surface area contributed by atoms with Crippen molar-refractivity contribution in [2.75, 3.05) is 11.9 Å². The third-order valence-corrected chi connectivity index (χ3v) is 2.74. The van der Waals surface area contributed by atoms with E-state index in [4.69, 9.17) is 4.74 Å². The van der Waals surface area contributed by atoms with Crippen LogP contribution in [0.3, 0.4) is 0 Å². The van der Waals surface area contributed by atoms with Crippen molar-refractivity contribution in [1.82, 2.24) is 0 Å². The third kappa shape index (κ3) is 4.43. The molecule has 2 aromatic carbocycles. The number of amides is 1. The van der Waals surface area contributed by atoms with E-state index < -0.39 is 24.6 Å². The number of hydrogen-bond acceptors (Lipinski definition) is 4. The molecule has 0 aromatic heterocycles. The molecule has 0 bridgehead atoms. The van der Waals surface area contributed by atoms with Gasteiger partial charge < -0.3 is 15.2 Å². The lowest BCUT2D eigenvalue weighted by atomic mass is 10.1. The molecule has 1 amide bonds. The van der Waals surface area contributed by atoms with E-state index in [1.807, 2.05) is 6.07 Å². The molecule has 21 heavy (non-hydrogen) atoms. The fraction of sp³-hybridized carbons (Fsp3) is 0.125. The summed E-state index contributed by atoms with van der Waals surface area (Å²) in [4.78, 5) is 23.3. The molecule has 0 aliphatic rings. The molecule has 0 saturated carbocycles. The van der Waals surface area contributed by atoms with Crippen molar-refractivity contribution in [1.29, 1.82) is 0 Å². The third-order valence-electron chi connectivity index (χ3n) is 2.74. The Kier molecular flexibility index (Phi) is 5.06. The van der Waals surface area contributed by atoms with Crippen LogP contribution in [0.15, 0.2) is 60.7 Å². The molecule has 5 heteroatoms. The van der Waals surface area contributed by atoms with Crippen molar-refractivity contribution < 1.29 is 19.4 Å². The number of benzene rings is 2. The Morgan fingerprint density at radius 1 is 1.00 bits per heavy atom. The number of carbonyl (C=O) groups is 2. The summed E-state index contributed by atoms with van der Waals surface area (Å²) in [5.41, 5.74) is 1.04. The van der Waals surface area contributed by atoms with E-state index in [9.17, 15) is 14.7 Å². The average Bonchev–Trinajstić information content (AvgIpc) is 2.53. The van der Waals surface area contributed by atoms with Gasteiger partial charge in [0.25, 0.3) is 5.91 Å². The van der Waals surface area contributed by atoms with Gasteiger partial charge in [0.05, 0.1) is 0 Å². The number of aliphatic hydroxyl groups is 1. The van der Waals surface area contributed by atoms with Crippen LogP contribution in [0.2, 0.25) is 0 Å². The van der Waals surface area contributed by atoms with Gasteiger partial charge in [-0.25, -0.2) is 4.79 Å². The van der Waals surface area contributed by atoms with Crippen LogP contribution in [-0.2, 0) is 14.3 Å². The van der Waals surface area contributed by atoms with Crippen LogP contribution in [0.25, 0.3) is 0 Å². The molecule has 0 unspecified atom stereocenters. The number of hydrogen-bond donors (Lipinski definition) is 2. The molecule has 2 rings (SSSR count). The Hall–Kier alpha value is -2.66. The van der Waals surface area contributed by atoms with Crippen LogP contribution in [0.1, 0.15) is 11.7 Å². The number of nitrogens with one attached hydrogen (secondary N) is 1. The number of esters is 1. The molecule has 0 heterocycles. The van der Waals surface area contributed by atoms with E-state index in [2.05, 4.69) is 5.32 Å². The fourth-order valence-electron chi connectivity index (χ4n) is 1.71. The van der Waals surface area contributed by atoms with Gasteiger partial charge in [0.15, 0.2) is 12.7 Å². The lowest BCUT2D eigenvalue weighted by Crippen LogP contribution is -2.23. The minimum absolute atomic E-state index is 0.422. The standard InChI is InChI=1S/C16H15NO4/c18-14(17-13-9-5-2-6-10-13)11-21-16(20)15(19)12-7-3-1-4-8-12/h1-10,15,19H,11H2,(H,17,18)/t15-/m1/s1. The Balaban J connectivity index is 1.82. The summed E-state index contributed by atoms with van der Waals surface area (Å²) in [6.07, 6.45) is -1.39. The van der Waals surface area contributed by atoms with Crippen molar-refractivity contribution in [2.24, 2.45) is 0 Å². The lowest BCUT2D eigenvalue weighted by molar-refractivity contribution is -0.156. The first kappa shape index (κ1) is 14.7. The average molecular weight is 285 g/mol. The van der Waals surface area contributed by atoms with Gasteiger partial charge in [0, 0.05) is 5.69 Å². The van der Waals surface area contributed by atoms with E-state index in [1.165, 1.54) is 0 Å². The molecule has 1 atom stereocenters. The molecule has 5 nitrogen and oxygen atoms in total. The van der Waals surface area contributed by atoms with Gasteiger partial charge in [-0.15, -0.1) is 0 Å². The normalized spacial score (nSPS) is 11.5. The topological polar surface area (TPSA) is 75.6 Å². The zero-order chi connectivity index (χ0) is 15.1. The molecule has 0 saturated heterocycles. The number of aliphatic hydroxyl groups excluding tert-OH is 1. The van der Waals surface area contributed by atoms with Crippen LogP contribution in [-0.4, -0.2) is 23.6 Å². The van der Waals surface area contributed by atoms with Gasteiger partial charge in [-0.05, 0) is 17.7 Å². The highest BCUT2D eigenvalue weighted by Crippen LogP contribution is 2.13. The summed E-state index contributed by atoms with van der Waals surface area (Å²) in [6, 6.07) is 17.2. The first-order chi connectivity index (χ1) is 10.2. The molecule has 0 aliphatic heterocycles. The van der Waals surface area contributed by atoms with Gasteiger partial charge in [-0.2, -0.15) is 0 Å². The van der Waals surface area contributed by atoms with E-state index in [0.717, 1.165) is 0 Å². The second kappa shape index (κ2) is 7.21. The second-order valence-electron chi connectivity index (χ2n) is 4.34. The monoisotopic (exact) mass is 285 g/mol. The van der Waals surface area contributed by atoms with Crippen LogP contribution < -0.4 is 5.32 Å². The van der Waals surface area contributed by atoms with Gasteiger partial charge >= 0.3 is 5.97 Å². The number of carbonyl (C=O) groups excluding carboxylic acids is 2. The summed E-state index contributed by atoms with van der Waals surface area (Å²) in [6.45, 7) is -0.447. The second-order valence-corrected chi connectivity index (χ2v) is 4.34. The van der Waals surface area contributed by atoms with Crippen molar-refractivity contribution in [3.05, 3.63) is 66.2 Å². The van der Waals surface area contributed by atoms with Gasteiger partial charge in [-0.1, -0.05) is 48.5 Å². The molecular weight excluding hydrogens is 270 g/mol. The Morgan fingerprint density at radius 2 is 1.57 bits per heavy atom. The highest BCUT2D eigenvalue weighted by atomic mass is 16.5. The van der Waals surface area contributed by atoms with E-state index in [-0.39, 0.29) is 0 Å². The first-order valence-electron chi connectivity index (χ1n) is 6.41. The van der Waals surface area contributed by atoms with Crippen LogP contribution in [0.5, 0.6) is 0 Å². The van der Waals surface area contributed by atoms with E-state index >= 15 is 0 Å². The minimum atomic E-state index is -1.39.